The molecule has 4 aromatic rings. The first kappa shape index (κ1) is 30.5. The fraction of sp³-hybridized carbons (Fsp3) is 0.207. The summed E-state index contributed by atoms with van der Waals surface area (Å²) >= 11 is 0. The van der Waals surface area contributed by atoms with E-state index in [0.29, 0.717) is 33.8 Å². The number of nitrogens with zero attached hydrogens (tertiary/aromatic N) is 6. The average molecular weight is 586 g/mol. The van der Waals surface area contributed by atoms with E-state index in [9.17, 15) is 24.6 Å². The van der Waals surface area contributed by atoms with Crippen molar-refractivity contribution < 1.29 is 15.0 Å². The molecule has 0 saturated carbocycles. The number of benzene rings is 2. The smallest absolute Gasteiger partial charge is 0.255 e. The van der Waals surface area contributed by atoms with Gasteiger partial charge in [0.25, 0.3) is 17.0 Å². The summed E-state index contributed by atoms with van der Waals surface area (Å²) in [5.74, 6) is -0.983. The average Bonchev–Trinajstić information content (AvgIpc) is 2.97. The number of amides is 1. The van der Waals surface area contributed by atoms with E-state index in [1.807, 2.05) is 0 Å². The molecule has 1 amide bonds. The van der Waals surface area contributed by atoms with Crippen LogP contribution in [0.1, 0.15) is 21.5 Å². The minimum atomic E-state index is -0.377. The normalized spacial score (nSPS) is 11.4. The van der Waals surface area contributed by atoms with Crippen molar-refractivity contribution in [1.82, 2.24) is 19.8 Å². The lowest BCUT2D eigenvalue weighted by Gasteiger charge is -2.11. The Hall–Kier alpha value is -5.47. The largest absolute Gasteiger partial charge is 0.493 e. The van der Waals surface area contributed by atoms with Gasteiger partial charge in [0.15, 0.2) is 0 Å². The van der Waals surface area contributed by atoms with Crippen molar-refractivity contribution in [3.8, 4) is 11.8 Å². The molecule has 0 bridgehead atoms. The minimum Gasteiger partial charge on any atom is -0.493 e. The van der Waals surface area contributed by atoms with Crippen LogP contribution in [0.2, 0.25) is 0 Å². The zero-order chi connectivity index (χ0) is 31.1. The molecule has 2 aromatic carbocycles. The highest BCUT2D eigenvalue weighted by molar-refractivity contribution is 6.04. The van der Waals surface area contributed by atoms with E-state index in [2.05, 4.69) is 36.4 Å². The number of aromatic nitrogens is 2. The van der Waals surface area contributed by atoms with Gasteiger partial charge in [0.05, 0.1) is 24.7 Å². The highest BCUT2D eigenvalue weighted by Crippen LogP contribution is 2.31. The van der Waals surface area contributed by atoms with Crippen LogP contribution < -0.4 is 27.1 Å². The van der Waals surface area contributed by atoms with Gasteiger partial charge in [0, 0.05) is 23.4 Å². The lowest BCUT2D eigenvalue weighted by Crippen LogP contribution is -2.25. The van der Waals surface area contributed by atoms with Gasteiger partial charge in [0.1, 0.15) is 11.4 Å². The van der Waals surface area contributed by atoms with E-state index in [0.717, 1.165) is 9.13 Å². The second-order valence-corrected chi connectivity index (χ2v) is 9.51. The van der Waals surface area contributed by atoms with Crippen LogP contribution in [0.3, 0.4) is 0 Å². The third-order valence-corrected chi connectivity index (χ3v) is 6.29. The summed E-state index contributed by atoms with van der Waals surface area (Å²) in [5, 5.41) is 46.0. The molecule has 4 rings (SSSR count). The Balaban J connectivity index is 1.47. The molecule has 0 radical (unpaired) electrons. The first-order valence-corrected chi connectivity index (χ1v) is 13.1. The van der Waals surface area contributed by atoms with E-state index in [1.54, 1.807) is 76.5 Å². The van der Waals surface area contributed by atoms with Crippen LogP contribution in [-0.4, -0.2) is 39.3 Å². The summed E-state index contributed by atoms with van der Waals surface area (Å²) in [6.07, 6.45) is 0. The van der Waals surface area contributed by atoms with E-state index in [-0.39, 0.29) is 53.5 Å². The number of aryl methyl sites for hydroxylation is 2. The van der Waals surface area contributed by atoms with E-state index in [1.165, 1.54) is 12.1 Å². The number of aromatic hydroxyl groups is 2. The topological polar surface area (TPSA) is 187 Å². The number of hydrogen-bond donors (Lipinski definition) is 5. The standard InChI is InChI=1S/C29H31N9O5/c1-17-12-23(39)37(15-30-3)28(42)25(17)35-33-20-10-8-19(9-11-20)27(41)32-21-6-5-7-22(14-21)34-36-26-18(2)13-24(40)38(16-31-4)29(26)43/h5-14,30-31,42-43H,15-16H2,1-4H3,(H,32,41). The zero-order valence-corrected chi connectivity index (χ0v) is 24.0. The molecule has 0 spiro atoms. The molecule has 222 valence electrons. The minimum absolute atomic E-state index is 0.107. The van der Waals surface area contributed by atoms with Crippen molar-refractivity contribution in [2.24, 2.45) is 20.5 Å². The predicted octanol–water partition coefficient (Wildman–Crippen LogP) is 4.47. The van der Waals surface area contributed by atoms with Crippen LogP contribution in [-0.2, 0) is 13.3 Å². The van der Waals surface area contributed by atoms with Crippen molar-refractivity contribution in [2.75, 3.05) is 19.4 Å². The molecular weight excluding hydrogens is 554 g/mol. The van der Waals surface area contributed by atoms with Crippen molar-refractivity contribution in [3.63, 3.8) is 0 Å². The molecule has 14 heteroatoms. The van der Waals surface area contributed by atoms with Crippen molar-refractivity contribution in [1.29, 1.82) is 0 Å². The molecule has 43 heavy (non-hydrogen) atoms. The number of hydrogen-bond acceptors (Lipinski definition) is 11. The Morgan fingerprint density at radius 1 is 0.721 bits per heavy atom. The summed E-state index contributed by atoms with van der Waals surface area (Å²) in [6.45, 7) is 3.52. The van der Waals surface area contributed by atoms with E-state index < -0.39 is 0 Å². The van der Waals surface area contributed by atoms with Crippen LogP contribution in [0.4, 0.5) is 28.4 Å². The van der Waals surface area contributed by atoms with Gasteiger partial charge in [-0.2, -0.15) is 10.2 Å². The van der Waals surface area contributed by atoms with Crippen LogP contribution in [0.15, 0.2) is 90.7 Å². The van der Waals surface area contributed by atoms with Gasteiger partial charge in [0.2, 0.25) is 11.8 Å². The molecule has 0 aliphatic carbocycles. The molecule has 2 heterocycles. The first-order valence-electron chi connectivity index (χ1n) is 13.1. The fourth-order valence-electron chi connectivity index (χ4n) is 4.09. The number of anilines is 1. The van der Waals surface area contributed by atoms with Crippen LogP contribution in [0.25, 0.3) is 0 Å². The van der Waals surface area contributed by atoms with Crippen LogP contribution >= 0.6 is 0 Å². The molecule has 0 fully saturated rings. The molecule has 2 aromatic heterocycles. The lowest BCUT2D eigenvalue weighted by atomic mass is 10.2. The summed E-state index contributed by atoms with van der Waals surface area (Å²) in [5.41, 5.74) is 2.21. The molecule has 0 saturated heterocycles. The fourth-order valence-corrected chi connectivity index (χ4v) is 4.09. The van der Waals surface area contributed by atoms with Crippen molar-refractivity contribution in [2.45, 2.75) is 27.2 Å². The third kappa shape index (κ3) is 7.06. The van der Waals surface area contributed by atoms with Gasteiger partial charge < -0.3 is 26.2 Å². The van der Waals surface area contributed by atoms with Crippen LogP contribution in [0, 0.1) is 13.8 Å². The van der Waals surface area contributed by atoms with Gasteiger partial charge >= 0.3 is 0 Å². The molecule has 0 aliphatic heterocycles. The summed E-state index contributed by atoms with van der Waals surface area (Å²) < 4.78 is 2.28. The lowest BCUT2D eigenvalue weighted by molar-refractivity contribution is 0.102. The molecular formula is C29H31N9O5. The first-order chi connectivity index (χ1) is 20.6. The number of carbonyl (C=O) groups excluding carboxylic acids is 1. The Labute approximate surface area is 246 Å². The second kappa shape index (κ2) is 13.5. The van der Waals surface area contributed by atoms with E-state index >= 15 is 0 Å². The van der Waals surface area contributed by atoms with Crippen molar-refractivity contribution >= 4 is 34.3 Å². The maximum absolute atomic E-state index is 12.9. The molecule has 5 N–H and O–H groups in total. The summed E-state index contributed by atoms with van der Waals surface area (Å²) in [4.78, 5) is 37.1. The summed E-state index contributed by atoms with van der Waals surface area (Å²) in [6, 6.07) is 15.8. The van der Waals surface area contributed by atoms with Gasteiger partial charge in [-0.3, -0.25) is 23.5 Å². The van der Waals surface area contributed by atoms with Gasteiger partial charge in [-0.1, -0.05) is 6.07 Å². The monoisotopic (exact) mass is 585 g/mol. The van der Waals surface area contributed by atoms with Gasteiger partial charge in [-0.25, -0.2) is 0 Å². The SMILES string of the molecule is CNCn1c(O)c(N=Nc2ccc(C(=O)Nc3cccc(N=Nc4c(C)cc(=O)n(CNC)c4O)c3)cc2)c(C)cc1=O. The quantitative estimate of drug-likeness (QED) is 0.170. The third-order valence-electron chi connectivity index (χ3n) is 6.29. The van der Waals surface area contributed by atoms with Crippen molar-refractivity contribution in [3.05, 3.63) is 98.1 Å². The van der Waals surface area contributed by atoms with Gasteiger partial charge in [-0.05, 0) is 81.5 Å². The molecule has 0 unspecified atom stereocenters. The van der Waals surface area contributed by atoms with E-state index in [4.69, 9.17) is 0 Å². The number of carbonyl (C=O) groups is 1. The molecule has 0 aliphatic rings. The molecule has 0 atom stereocenters. The predicted molar refractivity (Wildman–Crippen MR) is 162 cm³/mol. The second-order valence-electron chi connectivity index (χ2n) is 9.51. The Kier molecular flexibility index (Phi) is 9.54. The highest BCUT2D eigenvalue weighted by Gasteiger charge is 2.14. The molecule has 14 nitrogen and oxygen atoms in total. The highest BCUT2D eigenvalue weighted by atomic mass is 16.3. The Bertz CT molecular complexity index is 1830. The number of rotatable bonds is 10. The van der Waals surface area contributed by atoms with Crippen LogP contribution in [0.5, 0.6) is 11.8 Å². The Morgan fingerprint density at radius 3 is 1.74 bits per heavy atom. The number of nitrogens with one attached hydrogen (secondary N) is 3. The number of azo groups is 2. The maximum atomic E-state index is 12.9. The summed E-state index contributed by atoms with van der Waals surface area (Å²) in [7, 11) is 3.30. The van der Waals surface area contributed by atoms with Gasteiger partial charge in [-0.15, -0.1) is 10.2 Å². The Morgan fingerprint density at radius 2 is 1.23 bits per heavy atom. The number of pyridine rings is 2. The zero-order valence-electron chi connectivity index (χ0n) is 24.0. The maximum Gasteiger partial charge on any atom is 0.255 e.